The van der Waals surface area contributed by atoms with Gasteiger partial charge < -0.3 is 15.0 Å². The molecule has 0 radical (unpaired) electrons. The van der Waals surface area contributed by atoms with Crippen LogP contribution in [0.2, 0.25) is 0 Å². The maximum atomic E-state index is 4.77. The van der Waals surface area contributed by atoms with E-state index in [0.717, 1.165) is 28.3 Å². The molecule has 6 nitrogen and oxygen atoms in total. The van der Waals surface area contributed by atoms with Gasteiger partial charge in [-0.3, -0.25) is 0 Å². The van der Waals surface area contributed by atoms with E-state index in [2.05, 4.69) is 24.3 Å². The second-order valence-electron chi connectivity index (χ2n) is 7.39. The number of hydrazone groups is 3. The molecule has 0 aliphatic rings. The van der Waals surface area contributed by atoms with Gasteiger partial charge in [0.25, 0.3) is 0 Å². The summed E-state index contributed by atoms with van der Waals surface area (Å²) >= 11 is 0. The highest BCUT2D eigenvalue weighted by molar-refractivity contribution is 6.19. The smallest absolute Gasteiger partial charge is 0.0734 e. The normalized spacial score (nSPS) is 11.8. The van der Waals surface area contributed by atoms with E-state index in [0.29, 0.717) is 12.8 Å². The topological polar surface area (TPSA) is 46.8 Å². The highest BCUT2D eigenvalue weighted by Gasteiger charge is 2.15. The summed E-state index contributed by atoms with van der Waals surface area (Å²) in [5.41, 5.74) is 5.16. The fraction of sp³-hybridized carbons (Fsp3) is 0.348. The van der Waals surface area contributed by atoms with E-state index in [1.807, 2.05) is 93.7 Å². The van der Waals surface area contributed by atoms with Crippen LogP contribution in [0.25, 0.3) is 0 Å². The largest absolute Gasteiger partial charge is 0.303 e. The molecule has 2 aromatic rings. The van der Waals surface area contributed by atoms with E-state index < -0.39 is 0 Å². The number of benzene rings is 2. The van der Waals surface area contributed by atoms with Crippen molar-refractivity contribution in [3.63, 3.8) is 0 Å². The van der Waals surface area contributed by atoms with Crippen molar-refractivity contribution >= 4 is 17.1 Å². The average molecular weight is 393 g/mol. The van der Waals surface area contributed by atoms with Gasteiger partial charge in [-0.05, 0) is 11.1 Å². The molecular formula is C23H32N6. The minimum Gasteiger partial charge on any atom is -0.303 e. The Morgan fingerprint density at radius 1 is 0.552 bits per heavy atom. The van der Waals surface area contributed by atoms with Gasteiger partial charge in [0.05, 0.1) is 17.1 Å². The minimum absolute atomic E-state index is 0.639. The van der Waals surface area contributed by atoms with Crippen LogP contribution in [-0.2, 0) is 0 Å². The van der Waals surface area contributed by atoms with Crippen LogP contribution in [0.15, 0.2) is 76.0 Å². The maximum absolute atomic E-state index is 4.77. The number of rotatable bonds is 9. The molecule has 0 unspecified atom stereocenters. The van der Waals surface area contributed by atoms with Crippen LogP contribution in [0.4, 0.5) is 0 Å². The molecule has 0 atom stereocenters. The van der Waals surface area contributed by atoms with E-state index in [1.54, 1.807) is 0 Å². The molecule has 0 heterocycles. The fourth-order valence-corrected chi connectivity index (χ4v) is 2.94. The molecule has 2 aromatic carbocycles. The SMILES string of the molecule is CN(C)N=C(CC(=NN(C)C)c1ccccc1)CC(=NN(C)C)c1ccccc1. The highest BCUT2D eigenvalue weighted by atomic mass is 15.4. The molecule has 154 valence electrons. The Morgan fingerprint density at radius 3 is 1.21 bits per heavy atom. The standard InChI is InChI=1S/C23H32N6/c1-27(2)24-21(17-22(25-28(3)4)19-13-9-7-10-14-19)18-23(26-29(5)6)20-15-11-8-12-16-20/h7-16H,17-18H2,1-6H3. The summed E-state index contributed by atoms with van der Waals surface area (Å²) in [6.07, 6.45) is 1.28. The number of nitrogens with zero attached hydrogens (tertiary/aromatic N) is 6. The summed E-state index contributed by atoms with van der Waals surface area (Å²) in [6, 6.07) is 20.5. The van der Waals surface area contributed by atoms with Crippen LogP contribution in [0, 0.1) is 0 Å². The minimum atomic E-state index is 0.639. The maximum Gasteiger partial charge on any atom is 0.0734 e. The molecule has 2 rings (SSSR count). The number of hydrogen-bond donors (Lipinski definition) is 0. The molecule has 29 heavy (non-hydrogen) atoms. The van der Waals surface area contributed by atoms with Crippen LogP contribution in [-0.4, -0.2) is 74.4 Å². The molecular weight excluding hydrogens is 360 g/mol. The van der Waals surface area contributed by atoms with Gasteiger partial charge in [-0.15, -0.1) is 0 Å². The molecule has 6 heteroatoms. The third kappa shape index (κ3) is 7.78. The van der Waals surface area contributed by atoms with Crippen molar-refractivity contribution in [1.29, 1.82) is 0 Å². The van der Waals surface area contributed by atoms with Crippen LogP contribution in [0.5, 0.6) is 0 Å². The van der Waals surface area contributed by atoms with Crippen LogP contribution >= 0.6 is 0 Å². The van der Waals surface area contributed by atoms with Gasteiger partial charge in [-0.2, -0.15) is 15.3 Å². The molecule has 0 spiro atoms. The van der Waals surface area contributed by atoms with Gasteiger partial charge in [-0.25, -0.2) is 0 Å². The molecule has 0 saturated heterocycles. The van der Waals surface area contributed by atoms with E-state index in [-0.39, 0.29) is 0 Å². The van der Waals surface area contributed by atoms with Gasteiger partial charge in [0.2, 0.25) is 0 Å². The van der Waals surface area contributed by atoms with Gasteiger partial charge in [0.15, 0.2) is 0 Å². The van der Waals surface area contributed by atoms with Crippen molar-refractivity contribution in [3.05, 3.63) is 71.8 Å². The zero-order valence-corrected chi connectivity index (χ0v) is 18.4. The van der Waals surface area contributed by atoms with Crippen LogP contribution < -0.4 is 0 Å². The molecule has 0 aliphatic heterocycles. The molecule has 0 aromatic heterocycles. The first kappa shape index (κ1) is 22.1. The molecule has 0 amide bonds. The van der Waals surface area contributed by atoms with Crippen molar-refractivity contribution in [2.45, 2.75) is 12.8 Å². The molecule has 0 bridgehead atoms. The second kappa shape index (κ2) is 11.0. The summed E-state index contributed by atoms with van der Waals surface area (Å²) in [5, 5.41) is 19.8. The van der Waals surface area contributed by atoms with Crippen molar-refractivity contribution in [2.75, 3.05) is 42.3 Å². The van der Waals surface area contributed by atoms with E-state index in [1.165, 1.54) is 0 Å². The van der Waals surface area contributed by atoms with Crippen molar-refractivity contribution in [1.82, 2.24) is 15.0 Å². The summed E-state index contributed by atoms with van der Waals surface area (Å²) in [4.78, 5) is 0. The summed E-state index contributed by atoms with van der Waals surface area (Å²) < 4.78 is 0. The Morgan fingerprint density at radius 2 is 0.897 bits per heavy atom. The average Bonchev–Trinajstić information content (AvgIpc) is 2.67. The van der Waals surface area contributed by atoms with E-state index in [9.17, 15) is 0 Å². The predicted molar refractivity (Wildman–Crippen MR) is 124 cm³/mol. The third-order valence-corrected chi connectivity index (χ3v) is 3.94. The van der Waals surface area contributed by atoms with Gasteiger partial charge in [-0.1, -0.05) is 60.7 Å². The third-order valence-electron chi connectivity index (χ3n) is 3.94. The Hall–Kier alpha value is -3.15. The Bertz CT molecular complexity index is 771. The monoisotopic (exact) mass is 392 g/mol. The van der Waals surface area contributed by atoms with Crippen LogP contribution in [0.1, 0.15) is 24.0 Å². The Balaban J connectivity index is 2.39. The van der Waals surface area contributed by atoms with Crippen molar-refractivity contribution in [2.24, 2.45) is 15.3 Å². The van der Waals surface area contributed by atoms with Crippen molar-refractivity contribution < 1.29 is 0 Å². The molecule has 0 saturated carbocycles. The Labute approximate surface area is 174 Å². The first-order chi connectivity index (χ1) is 13.8. The summed E-state index contributed by atoms with van der Waals surface area (Å²) in [5.74, 6) is 0. The van der Waals surface area contributed by atoms with Crippen LogP contribution in [0.3, 0.4) is 0 Å². The molecule has 0 fully saturated rings. The number of hydrogen-bond acceptors (Lipinski definition) is 6. The summed E-state index contributed by atoms with van der Waals surface area (Å²) in [6.45, 7) is 0. The van der Waals surface area contributed by atoms with Gasteiger partial charge >= 0.3 is 0 Å². The quantitative estimate of drug-likeness (QED) is 0.484. The first-order valence-corrected chi connectivity index (χ1v) is 9.69. The molecule has 0 aliphatic carbocycles. The lowest BCUT2D eigenvalue weighted by atomic mass is 9.99. The zero-order chi connectivity index (χ0) is 21.2. The van der Waals surface area contributed by atoms with E-state index >= 15 is 0 Å². The first-order valence-electron chi connectivity index (χ1n) is 9.69. The molecule has 0 N–H and O–H groups in total. The van der Waals surface area contributed by atoms with Gasteiger partial charge in [0.1, 0.15) is 0 Å². The lowest BCUT2D eigenvalue weighted by Gasteiger charge is -2.17. The van der Waals surface area contributed by atoms with E-state index in [4.69, 9.17) is 15.3 Å². The summed E-state index contributed by atoms with van der Waals surface area (Å²) in [7, 11) is 11.6. The predicted octanol–water partition coefficient (Wildman–Crippen LogP) is 3.62. The lowest BCUT2D eigenvalue weighted by Crippen LogP contribution is -2.21. The van der Waals surface area contributed by atoms with Gasteiger partial charge in [0, 0.05) is 55.1 Å². The Kier molecular flexibility index (Phi) is 8.40. The highest BCUT2D eigenvalue weighted by Crippen LogP contribution is 2.13. The van der Waals surface area contributed by atoms with Crippen molar-refractivity contribution in [3.8, 4) is 0 Å². The zero-order valence-electron chi connectivity index (χ0n) is 18.4. The lowest BCUT2D eigenvalue weighted by molar-refractivity contribution is 0.432. The second-order valence-corrected chi connectivity index (χ2v) is 7.39. The fourth-order valence-electron chi connectivity index (χ4n) is 2.94.